The molecule has 0 aliphatic carbocycles. The molecule has 140 valence electrons. The van der Waals surface area contributed by atoms with Crippen LogP contribution in [0.4, 0.5) is 0 Å². The fourth-order valence-electron chi connectivity index (χ4n) is 3.80. The molecule has 0 N–H and O–H groups in total. The molecule has 1 rings (SSSR count). The zero-order valence-electron chi connectivity index (χ0n) is 16.4. The van der Waals surface area contributed by atoms with Gasteiger partial charge in [0, 0.05) is 0 Å². The zero-order valence-corrected chi connectivity index (χ0v) is 18.9. The van der Waals surface area contributed by atoms with E-state index in [0.717, 1.165) is 0 Å². The summed E-state index contributed by atoms with van der Waals surface area (Å²) in [7, 11) is 0. The van der Waals surface area contributed by atoms with E-state index >= 15 is 0 Å². The second kappa shape index (κ2) is 11.7. The van der Waals surface area contributed by atoms with Gasteiger partial charge >= 0.3 is 160 Å². The second-order valence-corrected chi connectivity index (χ2v) is 18.4. The summed E-state index contributed by atoms with van der Waals surface area (Å²) in [6.45, 7) is 7.07. The molecular weight excluding hydrogens is 375 g/mol. The van der Waals surface area contributed by atoms with Crippen LogP contribution >= 0.6 is 20.8 Å². The van der Waals surface area contributed by atoms with Crippen molar-refractivity contribution >= 4 is 26.1 Å². The zero-order chi connectivity index (χ0) is 17.8. The van der Waals surface area contributed by atoms with Gasteiger partial charge in [0.05, 0.1) is 0 Å². The predicted molar refractivity (Wildman–Crippen MR) is 120 cm³/mol. The van der Waals surface area contributed by atoms with Crippen LogP contribution in [0.2, 0.25) is 0 Å². The molecule has 0 unspecified atom stereocenters. The van der Waals surface area contributed by atoms with Crippen molar-refractivity contribution < 1.29 is 0 Å². The Morgan fingerprint density at radius 2 is 1.12 bits per heavy atom. The molecule has 0 amide bonds. The number of hydrogen-bond acceptors (Lipinski definition) is 0. The van der Waals surface area contributed by atoms with Crippen molar-refractivity contribution in [1.82, 2.24) is 0 Å². The van der Waals surface area contributed by atoms with Crippen LogP contribution in [-0.2, 0) is 0 Å². The fraction of sp³-hybridized carbons (Fsp3) is 0.727. The third-order valence-electron chi connectivity index (χ3n) is 5.88. The molecule has 0 fully saturated rings. The Hall–Kier alpha value is 0.130. The van der Waals surface area contributed by atoms with Gasteiger partial charge < -0.3 is 0 Å². The Bertz CT molecular complexity index is 425. The molecule has 0 nitrogen and oxygen atoms in total. The molecule has 0 bridgehead atoms. The first-order valence-corrected chi connectivity index (χ1v) is 15.2. The SMILES string of the molecule is CCCCCCCCCCCCP(Br)(CC)(CC)c1ccccc1. The first-order chi connectivity index (χ1) is 11.6. The average molecular weight is 415 g/mol. The van der Waals surface area contributed by atoms with E-state index in [2.05, 4.69) is 66.6 Å². The Kier molecular flexibility index (Phi) is 10.8. The van der Waals surface area contributed by atoms with E-state index < -0.39 is 5.31 Å². The summed E-state index contributed by atoms with van der Waals surface area (Å²) in [5.74, 6) is 0. The molecule has 0 heterocycles. The van der Waals surface area contributed by atoms with Crippen molar-refractivity contribution in [3.8, 4) is 0 Å². The van der Waals surface area contributed by atoms with Crippen LogP contribution in [0.25, 0.3) is 0 Å². The van der Waals surface area contributed by atoms with Crippen LogP contribution in [0.1, 0.15) is 85.0 Å². The average Bonchev–Trinajstić information content (AvgIpc) is 2.64. The maximum atomic E-state index is 4.35. The topological polar surface area (TPSA) is 0 Å². The number of hydrogen-bond donors (Lipinski definition) is 0. The third-order valence-corrected chi connectivity index (χ3v) is 17.0. The van der Waals surface area contributed by atoms with E-state index in [-0.39, 0.29) is 0 Å². The van der Waals surface area contributed by atoms with Gasteiger partial charge in [-0.15, -0.1) is 0 Å². The number of benzene rings is 1. The number of rotatable bonds is 14. The molecule has 24 heavy (non-hydrogen) atoms. The fourth-order valence-corrected chi connectivity index (χ4v) is 9.19. The van der Waals surface area contributed by atoms with Gasteiger partial charge in [0.15, 0.2) is 0 Å². The molecule has 0 aliphatic heterocycles. The maximum absolute atomic E-state index is 4.35. The summed E-state index contributed by atoms with van der Waals surface area (Å²) < 4.78 is 0. The van der Waals surface area contributed by atoms with Gasteiger partial charge in [-0.25, -0.2) is 0 Å². The molecule has 0 aromatic heterocycles. The van der Waals surface area contributed by atoms with Gasteiger partial charge in [-0.1, -0.05) is 0 Å². The Morgan fingerprint density at radius 3 is 1.58 bits per heavy atom. The van der Waals surface area contributed by atoms with Crippen LogP contribution < -0.4 is 5.30 Å². The minimum absolute atomic E-state index is 1.28. The van der Waals surface area contributed by atoms with Crippen molar-refractivity contribution in [3.05, 3.63) is 30.3 Å². The monoisotopic (exact) mass is 414 g/mol. The normalized spacial score (nSPS) is 13.6. The summed E-state index contributed by atoms with van der Waals surface area (Å²) in [5, 5.41) is -0.295. The van der Waals surface area contributed by atoms with Gasteiger partial charge in [0.25, 0.3) is 0 Å². The van der Waals surface area contributed by atoms with Crippen molar-refractivity contribution in [3.63, 3.8) is 0 Å². The number of halogens is 1. The molecule has 0 spiro atoms. The molecule has 0 atom stereocenters. The first-order valence-electron chi connectivity index (χ1n) is 10.4. The van der Waals surface area contributed by atoms with E-state index in [4.69, 9.17) is 0 Å². The van der Waals surface area contributed by atoms with Crippen molar-refractivity contribution in [2.24, 2.45) is 0 Å². The van der Waals surface area contributed by atoms with Gasteiger partial charge in [-0.05, 0) is 0 Å². The van der Waals surface area contributed by atoms with Crippen LogP contribution in [0.3, 0.4) is 0 Å². The predicted octanol–water partition coefficient (Wildman–Crippen LogP) is 8.14. The summed E-state index contributed by atoms with van der Waals surface area (Å²) in [5.41, 5.74) is 0. The van der Waals surface area contributed by atoms with E-state index in [1.807, 2.05) is 0 Å². The van der Waals surface area contributed by atoms with Crippen molar-refractivity contribution in [2.75, 3.05) is 18.5 Å². The van der Waals surface area contributed by atoms with E-state index in [1.165, 1.54) is 82.7 Å². The van der Waals surface area contributed by atoms with Gasteiger partial charge in [0.1, 0.15) is 0 Å². The van der Waals surface area contributed by atoms with Crippen LogP contribution in [0.15, 0.2) is 30.3 Å². The van der Waals surface area contributed by atoms with Crippen molar-refractivity contribution in [2.45, 2.75) is 85.0 Å². The summed E-state index contributed by atoms with van der Waals surface area (Å²) in [4.78, 5) is 0. The van der Waals surface area contributed by atoms with Gasteiger partial charge in [0.2, 0.25) is 0 Å². The molecule has 0 saturated heterocycles. The quantitative estimate of drug-likeness (QED) is 0.212. The van der Waals surface area contributed by atoms with Crippen LogP contribution in [0, 0.1) is 0 Å². The molecule has 2 heteroatoms. The van der Waals surface area contributed by atoms with Crippen LogP contribution in [0.5, 0.6) is 0 Å². The molecule has 0 saturated carbocycles. The second-order valence-electron chi connectivity index (χ2n) is 7.46. The summed E-state index contributed by atoms with van der Waals surface area (Å²) in [6, 6.07) is 11.3. The Balaban J connectivity index is 2.33. The van der Waals surface area contributed by atoms with Gasteiger partial charge in [-0.2, -0.15) is 0 Å². The van der Waals surface area contributed by atoms with E-state index in [9.17, 15) is 0 Å². The molecule has 1 aromatic rings. The van der Waals surface area contributed by atoms with Crippen LogP contribution in [-0.4, -0.2) is 18.5 Å². The minimum atomic E-state index is -1.88. The molecular formula is C22H40BrP. The Labute approximate surface area is 159 Å². The van der Waals surface area contributed by atoms with Crippen molar-refractivity contribution in [1.29, 1.82) is 0 Å². The van der Waals surface area contributed by atoms with Gasteiger partial charge in [-0.3, -0.25) is 0 Å². The van der Waals surface area contributed by atoms with E-state index in [0.29, 0.717) is 0 Å². The summed E-state index contributed by atoms with van der Waals surface area (Å²) in [6.07, 6.45) is 18.2. The standard InChI is InChI=1S/C22H40BrP/c1-4-7-8-9-10-11-12-13-14-18-21-24(23,5-2,6-3)22-19-16-15-17-20-22/h15-17,19-20H,4-14,18,21H2,1-3H3. The first kappa shape index (κ1) is 22.2. The van der Waals surface area contributed by atoms with E-state index in [1.54, 1.807) is 5.30 Å². The molecule has 1 aromatic carbocycles. The summed E-state index contributed by atoms with van der Waals surface area (Å²) >= 11 is 4.35. The molecule has 0 radical (unpaired) electrons. The molecule has 0 aliphatic rings. The Morgan fingerprint density at radius 1 is 0.667 bits per heavy atom. The number of unbranched alkanes of at least 4 members (excludes halogenated alkanes) is 9. The third kappa shape index (κ3) is 6.80.